The van der Waals surface area contributed by atoms with E-state index in [-0.39, 0.29) is 12.4 Å². The minimum atomic E-state index is -4.34. The molecule has 0 radical (unpaired) electrons. The summed E-state index contributed by atoms with van der Waals surface area (Å²) in [7, 11) is 0. The van der Waals surface area contributed by atoms with E-state index in [0.717, 1.165) is 82.6 Å². The number of hydrogen-bond donors (Lipinski definition) is 1. The van der Waals surface area contributed by atoms with Gasteiger partial charge in [-0.2, -0.15) is 13.2 Å². The van der Waals surface area contributed by atoms with Crippen molar-refractivity contribution in [3.63, 3.8) is 0 Å². The second-order valence-electron chi connectivity index (χ2n) is 8.38. The minimum Gasteiger partial charge on any atom is -0.355 e. The molecule has 2 aromatic rings. The molecule has 1 aliphatic heterocycles. The predicted octanol–water partition coefficient (Wildman–Crippen LogP) is 5.65. The quantitative estimate of drug-likeness (QED) is 0.598. The first-order valence-electron chi connectivity index (χ1n) is 10.4. The van der Waals surface area contributed by atoms with Crippen molar-refractivity contribution in [2.24, 2.45) is 4.99 Å². The Morgan fingerprint density at radius 1 is 0.968 bits per heavy atom. The van der Waals surface area contributed by atoms with Gasteiger partial charge in [0.1, 0.15) is 0 Å². The molecule has 1 fully saturated rings. The van der Waals surface area contributed by atoms with Crippen LogP contribution in [0.2, 0.25) is 0 Å². The van der Waals surface area contributed by atoms with Crippen LogP contribution in [0.25, 0.3) is 22.7 Å². The number of alkyl halides is 3. The molecule has 2 heterocycles. The molecule has 3 nitrogen and oxygen atoms in total. The number of hydrogen-bond acceptors (Lipinski definition) is 2. The SMILES string of the molecule is CC(C)=N/C(=c1/[nH]c(-c2ccc(C(F)(F)F)cc2)c(C)c1=C(C)C)N1CCCCC1.Cl. The van der Waals surface area contributed by atoms with Gasteiger partial charge in [0.05, 0.1) is 10.9 Å². The normalized spacial score (nSPS) is 15.3. The summed E-state index contributed by atoms with van der Waals surface area (Å²) in [6.45, 7) is 12.0. The molecule has 0 bridgehead atoms. The summed E-state index contributed by atoms with van der Waals surface area (Å²) >= 11 is 0. The number of nitrogens with one attached hydrogen (secondary N) is 1. The highest BCUT2D eigenvalue weighted by molar-refractivity contribution is 5.85. The largest absolute Gasteiger partial charge is 0.416 e. The lowest BCUT2D eigenvalue weighted by Crippen LogP contribution is -2.37. The summed E-state index contributed by atoms with van der Waals surface area (Å²) in [5.74, 6) is 0.923. The standard InChI is InChI=1S/C24H30F3N3.ClH/c1-15(2)20-17(5)21(18-9-11-19(12-10-18)24(25,26)27)29-22(20)23(28-16(3)4)30-13-7-6-8-14-30;/h9-12,29H,6-8,13-14H2,1-5H3;1H/b23-22-;. The Morgan fingerprint density at radius 3 is 2.03 bits per heavy atom. The molecule has 7 heteroatoms. The number of nitrogens with zero attached hydrogens (tertiary/aromatic N) is 2. The van der Waals surface area contributed by atoms with Gasteiger partial charge in [-0.25, -0.2) is 4.99 Å². The van der Waals surface area contributed by atoms with Gasteiger partial charge in [0.2, 0.25) is 0 Å². The van der Waals surface area contributed by atoms with Crippen LogP contribution in [-0.2, 0) is 6.18 Å². The fourth-order valence-corrected chi connectivity index (χ4v) is 4.10. The molecule has 1 aromatic heterocycles. The summed E-state index contributed by atoms with van der Waals surface area (Å²) in [4.78, 5) is 10.7. The van der Waals surface area contributed by atoms with Crippen LogP contribution in [0.15, 0.2) is 29.3 Å². The van der Waals surface area contributed by atoms with Crippen LogP contribution < -0.4 is 10.6 Å². The molecule has 0 spiro atoms. The Morgan fingerprint density at radius 2 is 1.55 bits per heavy atom. The van der Waals surface area contributed by atoms with Gasteiger partial charge >= 0.3 is 6.18 Å². The molecule has 0 aliphatic carbocycles. The second kappa shape index (κ2) is 9.94. The van der Waals surface area contributed by atoms with Crippen LogP contribution in [0, 0.1) is 6.92 Å². The molecule has 1 saturated heterocycles. The molecule has 170 valence electrons. The summed E-state index contributed by atoms with van der Waals surface area (Å²) in [6, 6.07) is 5.35. The maximum Gasteiger partial charge on any atom is 0.416 e. The van der Waals surface area contributed by atoms with Crippen LogP contribution in [0.4, 0.5) is 13.2 Å². The van der Waals surface area contributed by atoms with Crippen molar-refractivity contribution < 1.29 is 13.2 Å². The van der Waals surface area contributed by atoms with Gasteiger partial charge in [-0.1, -0.05) is 17.7 Å². The number of aromatic nitrogens is 1. The highest BCUT2D eigenvalue weighted by Crippen LogP contribution is 2.31. The highest BCUT2D eigenvalue weighted by atomic mass is 35.5. The van der Waals surface area contributed by atoms with Crippen LogP contribution >= 0.6 is 12.4 Å². The molecule has 1 aromatic carbocycles. The van der Waals surface area contributed by atoms with E-state index in [9.17, 15) is 13.2 Å². The van der Waals surface area contributed by atoms with Crippen molar-refractivity contribution in [1.82, 2.24) is 9.88 Å². The minimum absolute atomic E-state index is 0. The van der Waals surface area contributed by atoms with E-state index in [0.29, 0.717) is 0 Å². The summed E-state index contributed by atoms with van der Waals surface area (Å²) in [6.07, 6.45) is -0.838. The average molecular weight is 454 g/mol. The predicted molar refractivity (Wildman–Crippen MR) is 125 cm³/mol. The first kappa shape index (κ1) is 25.1. The molecule has 1 aliphatic rings. The van der Waals surface area contributed by atoms with Crippen molar-refractivity contribution >= 4 is 29.5 Å². The Hall–Kier alpha value is -2.21. The molecular formula is C24H31ClF3N3. The van der Waals surface area contributed by atoms with E-state index in [2.05, 4.69) is 23.7 Å². The van der Waals surface area contributed by atoms with Gasteiger partial charge in [-0.15, -0.1) is 12.4 Å². The smallest absolute Gasteiger partial charge is 0.355 e. The molecule has 1 N–H and O–H groups in total. The molecule has 31 heavy (non-hydrogen) atoms. The first-order valence-corrected chi connectivity index (χ1v) is 10.4. The Balaban J connectivity index is 0.00000341. The maximum absolute atomic E-state index is 13.0. The van der Waals surface area contributed by atoms with Gasteiger partial charge in [0.15, 0.2) is 5.82 Å². The fourth-order valence-electron chi connectivity index (χ4n) is 4.10. The van der Waals surface area contributed by atoms with E-state index in [1.807, 2.05) is 20.8 Å². The number of rotatable bonds is 3. The van der Waals surface area contributed by atoms with Crippen LogP contribution in [0.3, 0.4) is 0 Å². The molecule has 0 saturated carbocycles. The number of piperidine rings is 1. The zero-order valence-electron chi connectivity index (χ0n) is 18.8. The van der Waals surface area contributed by atoms with Crippen molar-refractivity contribution in [2.75, 3.05) is 13.1 Å². The lowest BCUT2D eigenvalue weighted by Gasteiger charge is -2.28. The maximum atomic E-state index is 13.0. The second-order valence-corrected chi connectivity index (χ2v) is 8.38. The number of aliphatic imine (C=N–C) groups is 1. The van der Waals surface area contributed by atoms with Gasteiger partial charge in [-0.3, -0.25) is 0 Å². The monoisotopic (exact) mass is 453 g/mol. The summed E-state index contributed by atoms with van der Waals surface area (Å²) in [5.41, 5.74) is 4.09. The zero-order valence-corrected chi connectivity index (χ0v) is 19.6. The number of aromatic amines is 1. The van der Waals surface area contributed by atoms with Crippen molar-refractivity contribution in [3.8, 4) is 11.3 Å². The number of benzene rings is 1. The van der Waals surface area contributed by atoms with E-state index >= 15 is 0 Å². The topological polar surface area (TPSA) is 31.4 Å². The van der Waals surface area contributed by atoms with Gasteiger partial charge in [-0.05, 0) is 77.1 Å². The molecular weight excluding hydrogens is 423 g/mol. The third-order valence-electron chi connectivity index (χ3n) is 5.46. The number of halogens is 4. The number of H-pyrrole nitrogens is 1. The third-order valence-corrected chi connectivity index (χ3v) is 5.46. The number of likely N-dealkylation sites (tertiary alicyclic amines) is 1. The Labute approximate surface area is 188 Å². The van der Waals surface area contributed by atoms with Crippen LogP contribution in [-0.4, -0.2) is 28.7 Å². The summed E-state index contributed by atoms with van der Waals surface area (Å²) < 4.78 is 38.9. The van der Waals surface area contributed by atoms with Crippen molar-refractivity contribution in [1.29, 1.82) is 0 Å². The fraction of sp³-hybridized carbons (Fsp3) is 0.458. The van der Waals surface area contributed by atoms with Crippen molar-refractivity contribution in [3.05, 3.63) is 46.0 Å². The molecule has 0 amide bonds. The van der Waals surface area contributed by atoms with Crippen LogP contribution in [0.5, 0.6) is 0 Å². The van der Waals surface area contributed by atoms with Crippen molar-refractivity contribution in [2.45, 2.75) is 60.1 Å². The summed E-state index contributed by atoms with van der Waals surface area (Å²) in [5, 5.41) is 2.04. The van der Waals surface area contributed by atoms with Crippen LogP contribution in [0.1, 0.15) is 58.1 Å². The molecule has 0 atom stereocenters. The highest BCUT2D eigenvalue weighted by Gasteiger charge is 2.30. The van der Waals surface area contributed by atoms with Gasteiger partial charge in [0.25, 0.3) is 0 Å². The lowest BCUT2D eigenvalue weighted by atomic mass is 10.0. The van der Waals surface area contributed by atoms with Gasteiger partial charge < -0.3 is 9.88 Å². The van der Waals surface area contributed by atoms with E-state index in [1.54, 1.807) is 0 Å². The average Bonchev–Trinajstić information content (AvgIpc) is 3.03. The Kier molecular flexibility index (Phi) is 8.04. The lowest BCUT2D eigenvalue weighted by molar-refractivity contribution is -0.137. The zero-order chi connectivity index (χ0) is 22.1. The molecule has 3 rings (SSSR count). The van der Waals surface area contributed by atoms with E-state index in [4.69, 9.17) is 4.99 Å². The van der Waals surface area contributed by atoms with Gasteiger partial charge in [0, 0.05) is 29.7 Å². The first-order chi connectivity index (χ1) is 14.1. The van der Waals surface area contributed by atoms with E-state index < -0.39 is 11.7 Å². The molecule has 0 unspecified atom stereocenters. The Bertz CT molecular complexity index is 1050. The van der Waals surface area contributed by atoms with E-state index in [1.165, 1.54) is 18.6 Å². The third kappa shape index (κ3) is 5.53.